The van der Waals surface area contributed by atoms with E-state index in [1.54, 1.807) is 0 Å². The predicted molar refractivity (Wildman–Crippen MR) is 125 cm³/mol. The molecule has 2 aromatic rings. The standard InChI is InChI=1S/C25H31ClN4/c1-17(2)22-7-6-21(15-28-22)29-11-9-25(10-12-29)13-18(3)30(16-25)23-8-5-20(14-27)24(26)19(23)4/h5-8,15,17-18H,9-13,16H2,1-4H3. The van der Waals surface area contributed by atoms with Gasteiger partial charge in [0.25, 0.3) is 0 Å². The number of rotatable bonds is 3. The van der Waals surface area contributed by atoms with E-state index in [-0.39, 0.29) is 0 Å². The fourth-order valence-corrected chi connectivity index (χ4v) is 5.44. The summed E-state index contributed by atoms with van der Waals surface area (Å²) in [5.41, 5.74) is 5.52. The smallest absolute Gasteiger partial charge is 0.101 e. The minimum absolute atomic E-state index is 0.355. The second kappa shape index (κ2) is 8.12. The van der Waals surface area contributed by atoms with Crippen molar-refractivity contribution in [2.24, 2.45) is 5.41 Å². The normalized spacial score (nSPS) is 20.8. The minimum Gasteiger partial charge on any atom is -0.370 e. The van der Waals surface area contributed by atoms with Gasteiger partial charge in [0, 0.05) is 37.1 Å². The van der Waals surface area contributed by atoms with Crippen molar-refractivity contribution in [3.05, 3.63) is 52.3 Å². The lowest BCUT2D eigenvalue weighted by Crippen LogP contribution is -2.41. The van der Waals surface area contributed by atoms with Gasteiger partial charge < -0.3 is 9.80 Å². The Hall–Kier alpha value is -2.25. The van der Waals surface area contributed by atoms with Gasteiger partial charge in [0.1, 0.15) is 6.07 Å². The van der Waals surface area contributed by atoms with Crippen molar-refractivity contribution in [2.45, 2.75) is 58.9 Å². The highest BCUT2D eigenvalue weighted by Crippen LogP contribution is 2.46. The van der Waals surface area contributed by atoms with Crippen LogP contribution in [0.25, 0.3) is 0 Å². The molecule has 158 valence electrons. The van der Waals surface area contributed by atoms with Crippen molar-refractivity contribution in [1.82, 2.24) is 4.98 Å². The molecule has 0 bridgehead atoms. The van der Waals surface area contributed by atoms with Gasteiger partial charge in [0.15, 0.2) is 0 Å². The Morgan fingerprint density at radius 1 is 1.20 bits per heavy atom. The number of benzene rings is 1. The summed E-state index contributed by atoms with van der Waals surface area (Å²) in [6, 6.07) is 11.0. The van der Waals surface area contributed by atoms with E-state index in [0.29, 0.717) is 28.0 Å². The average Bonchev–Trinajstić information content (AvgIpc) is 3.06. The molecular formula is C25H31ClN4. The summed E-state index contributed by atoms with van der Waals surface area (Å²) in [5.74, 6) is 0.466. The van der Waals surface area contributed by atoms with Crippen molar-refractivity contribution in [1.29, 1.82) is 5.26 Å². The fraction of sp³-hybridized carbons (Fsp3) is 0.520. The second-order valence-corrected chi connectivity index (χ2v) is 9.83. The highest BCUT2D eigenvalue weighted by atomic mass is 35.5. The van der Waals surface area contributed by atoms with Gasteiger partial charge in [-0.05, 0) is 74.3 Å². The zero-order valence-electron chi connectivity index (χ0n) is 18.5. The monoisotopic (exact) mass is 422 g/mol. The summed E-state index contributed by atoms with van der Waals surface area (Å²) < 4.78 is 0. The summed E-state index contributed by atoms with van der Waals surface area (Å²) in [6.07, 6.45) is 5.65. The molecule has 2 aliphatic rings. The molecule has 2 fully saturated rings. The molecule has 1 aromatic carbocycles. The Kier molecular flexibility index (Phi) is 5.68. The molecule has 3 heterocycles. The van der Waals surface area contributed by atoms with E-state index in [4.69, 9.17) is 11.6 Å². The van der Waals surface area contributed by atoms with E-state index in [1.165, 1.54) is 30.6 Å². The first-order valence-corrected chi connectivity index (χ1v) is 11.4. The first-order chi connectivity index (χ1) is 14.3. The number of nitrogens with zero attached hydrogens (tertiary/aromatic N) is 4. The maximum absolute atomic E-state index is 9.25. The molecule has 0 radical (unpaired) electrons. The highest BCUT2D eigenvalue weighted by molar-refractivity contribution is 6.32. The predicted octanol–water partition coefficient (Wildman–Crippen LogP) is 5.92. The number of aromatic nitrogens is 1. The van der Waals surface area contributed by atoms with Gasteiger partial charge in [-0.3, -0.25) is 4.98 Å². The number of anilines is 2. The van der Waals surface area contributed by atoms with Crippen LogP contribution in [0.15, 0.2) is 30.5 Å². The quantitative estimate of drug-likeness (QED) is 0.615. The van der Waals surface area contributed by atoms with Crippen molar-refractivity contribution in [2.75, 3.05) is 29.4 Å². The number of piperidine rings is 1. The van der Waals surface area contributed by atoms with Gasteiger partial charge in [-0.1, -0.05) is 25.4 Å². The molecule has 5 heteroatoms. The van der Waals surface area contributed by atoms with E-state index < -0.39 is 0 Å². The fourth-order valence-electron chi connectivity index (χ4n) is 5.24. The van der Waals surface area contributed by atoms with Crippen LogP contribution < -0.4 is 9.80 Å². The third kappa shape index (κ3) is 3.76. The summed E-state index contributed by atoms with van der Waals surface area (Å²) in [6.45, 7) is 11.9. The van der Waals surface area contributed by atoms with Gasteiger partial charge in [0.2, 0.25) is 0 Å². The second-order valence-electron chi connectivity index (χ2n) is 9.45. The Labute approximate surface area is 185 Å². The number of pyridine rings is 1. The van der Waals surface area contributed by atoms with Crippen molar-refractivity contribution in [3.8, 4) is 6.07 Å². The first kappa shape index (κ1) is 21.0. The molecule has 2 aliphatic heterocycles. The lowest BCUT2D eigenvalue weighted by molar-refractivity contribution is 0.245. The Morgan fingerprint density at radius 2 is 1.93 bits per heavy atom. The van der Waals surface area contributed by atoms with Crippen LogP contribution in [0, 0.1) is 23.7 Å². The maximum Gasteiger partial charge on any atom is 0.101 e. The summed E-state index contributed by atoms with van der Waals surface area (Å²) >= 11 is 6.46. The maximum atomic E-state index is 9.25. The van der Waals surface area contributed by atoms with E-state index in [1.807, 2.05) is 19.2 Å². The Morgan fingerprint density at radius 3 is 2.53 bits per heavy atom. The zero-order valence-corrected chi connectivity index (χ0v) is 19.2. The third-order valence-corrected chi connectivity index (χ3v) is 7.59. The average molecular weight is 423 g/mol. The van der Waals surface area contributed by atoms with E-state index >= 15 is 0 Å². The molecule has 2 saturated heterocycles. The molecule has 4 rings (SSSR count). The van der Waals surface area contributed by atoms with Crippen LogP contribution in [0.3, 0.4) is 0 Å². The molecular weight excluding hydrogens is 392 g/mol. The summed E-state index contributed by atoms with van der Waals surface area (Å²) in [5, 5.41) is 9.85. The van der Waals surface area contributed by atoms with E-state index in [0.717, 1.165) is 30.9 Å². The van der Waals surface area contributed by atoms with Crippen LogP contribution in [-0.4, -0.2) is 30.7 Å². The Bertz CT molecular complexity index is 952. The molecule has 30 heavy (non-hydrogen) atoms. The number of hydrogen-bond acceptors (Lipinski definition) is 4. The first-order valence-electron chi connectivity index (χ1n) is 11.0. The van der Waals surface area contributed by atoms with Gasteiger partial charge in [-0.25, -0.2) is 0 Å². The van der Waals surface area contributed by atoms with E-state index in [9.17, 15) is 5.26 Å². The number of hydrogen-bond donors (Lipinski definition) is 0. The van der Waals surface area contributed by atoms with Crippen LogP contribution in [-0.2, 0) is 0 Å². The molecule has 0 amide bonds. The third-order valence-electron chi connectivity index (χ3n) is 7.11. The molecule has 0 aliphatic carbocycles. The minimum atomic E-state index is 0.355. The zero-order chi connectivity index (χ0) is 21.5. The van der Waals surface area contributed by atoms with Crippen LogP contribution in [0.1, 0.15) is 62.8 Å². The summed E-state index contributed by atoms with van der Waals surface area (Å²) in [4.78, 5) is 9.65. The van der Waals surface area contributed by atoms with Crippen LogP contribution in [0.2, 0.25) is 5.02 Å². The number of nitriles is 1. The summed E-state index contributed by atoms with van der Waals surface area (Å²) in [7, 11) is 0. The van der Waals surface area contributed by atoms with Gasteiger partial charge >= 0.3 is 0 Å². The molecule has 0 N–H and O–H groups in total. The van der Waals surface area contributed by atoms with Crippen molar-refractivity contribution in [3.63, 3.8) is 0 Å². The molecule has 4 nitrogen and oxygen atoms in total. The van der Waals surface area contributed by atoms with Crippen LogP contribution >= 0.6 is 11.6 Å². The van der Waals surface area contributed by atoms with Crippen molar-refractivity contribution >= 4 is 23.0 Å². The lowest BCUT2D eigenvalue weighted by Gasteiger charge is -2.40. The van der Waals surface area contributed by atoms with Crippen LogP contribution in [0.5, 0.6) is 0 Å². The topological polar surface area (TPSA) is 43.2 Å². The van der Waals surface area contributed by atoms with Gasteiger partial charge in [0.05, 0.1) is 22.5 Å². The lowest BCUT2D eigenvalue weighted by atomic mass is 9.76. The molecule has 1 aromatic heterocycles. The van der Waals surface area contributed by atoms with Gasteiger partial charge in [-0.15, -0.1) is 0 Å². The Balaban J connectivity index is 1.47. The SMILES string of the molecule is Cc1c(N2CC3(CCN(c4ccc(C(C)C)nc4)CC3)CC2C)ccc(C#N)c1Cl. The molecule has 1 spiro atoms. The molecule has 1 atom stereocenters. The van der Waals surface area contributed by atoms with Crippen molar-refractivity contribution < 1.29 is 0 Å². The van der Waals surface area contributed by atoms with Gasteiger partial charge in [-0.2, -0.15) is 5.26 Å². The number of halogens is 1. The largest absolute Gasteiger partial charge is 0.370 e. The van der Waals surface area contributed by atoms with Crippen LogP contribution in [0.4, 0.5) is 11.4 Å². The molecule has 1 unspecified atom stereocenters. The molecule has 0 saturated carbocycles. The van der Waals surface area contributed by atoms with E-state index in [2.05, 4.69) is 59.8 Å². The highest BCUT2D eigenvalue weighted by Gasteiger charge is 2.44.